The molecule has 1 unspecified atom stereocenters. The molecule has 0 aliphatic carbocycles. The summed E-state index contributed by atoms with van der Waals surface area (Å²) in [5.41, 5.74) is -0.980. The maximum absolute atomic E-state index is 14.1. The Kier molecular flexibility index (Phi) is 10.8. The number of amides is 2. The van der Waals surface area contributed by atoms with E-state index in [1.807, 2.05) is 0 Å². The van der Waals surface area contributed by atoms with Gasteiger partial charge in [-0.1, -0.05) is 65.7 Å². The van der Waals surface area contributed by atoms with Crippen LogP contribution in [0, 0.1) is 0 Å². The third kappa shape index (κ3) is 9.87. The largest absolute Gasteiger partial charge is 0.416 e. The second-order valence-electron chi connectivity index (χ2n) is 11.0. The van der Waals surface area contributed by atoms with Gasteiger partial charge in [-0.05, 0) is 62.2 Å². The van der Waals surface area contributed by atoms with Crippen molar-refractivity contribution >= 4 is 50.7 Å². The summed E-state index contributed by atoms with van der Waals surface area (Å²) in [6, 6.07) is 16.0. The number of anilines is 1. The fraction of sp³-hybridized carbons (Fsp3) is 0.333. The number of nitrogens with one attached hydrogen (secondary N) is 1. The van der Waals surface area contributed by atoms with E-state index in [2.05, 4.69) is 5.32 Å². The van der Waals surface area contributed by atoms with Gasteiger partial charge in [0, 0.05) is 28.5 Å². The highest BCUT2D eigenvalue weighted by Crippen LogP contribution is 2.32. The van der Waals surface area contributed by atoms with E-state index in [0.29, 0.717) is 21.0 Å². The van der Waals surface area contributed by atoms with Crippen LogP contribution in [0.25, 0.3) is 0 Å². The van der Waals surface area contributed by atoms with E-state index < -0.39 is 51.7 Å². The van der Waals surface area contributed by atoms with Gasteiger partial charge in [-0.2, -0.15) is 13.2 Å². The first-order valence-corrected chi connectivity index (χ1v) is 15.7. The Hall–Kier alpha value is -3.28. The number of sulfonamides is 1. The highest BCUT2D eigenvalue weighted by molar-refractivity contribution is 7.92. The summed E-state index contributed by atoms with van der Waals surface area (Å²) in [7, 11) is -4.25. The summed E-state index contributed by atoms with van der Waals surface area (Å²) < 4.78 is 66.6. The highest BCUT2D eigenvalue weighted by Gasteiger charge is 2.36. The molecule has 0 fully saturated rings. The minimum atomic E-state index is -4.74. The van der Waals surface area contributed by atoms with Crippen molar-refractivity contribution < 1.29 is 31.2 Å². The average Bonchev–Trinajstić information content (AvgIpc) is 2.88. The number of hydrogen-bond acceptors (Lipinski definition) is 4. The topological polar surface area (TPSA) is 86.8 Å². The molecular weight excluding hydrogens is 626 g/mol. The SMILES string of the molecule is CC(C)(C)NC(=O)C(Cc1ccccc1)N(Cc1ccc(Cl)cc1Cl)C(=O)CN(c1cccc(C(F)(F)F)c1)S(C)(=O)=O. The molecule has 0 saturated carbocycles. The number of halogens is 5. The van der Waals surface area contributed by atoms with Crippen LogP contribution in [0.15, 0.2) is 72.8 Å². The second kappa shape index (κ2) is 13.6. The zero-order chi connectivity index (χ0) is 32.2. The molecule has 0 saturated heterocycles. The Morgan fingerprint density at radius 1 is 0.930 bits per heavy atom. The van der Waals surface area contributed by atoms with Gasteiger partial charge in [0.2, 0.25) is 21.8 Å². The van der Waals surface area contributed by atoms with Crippen molar-refractivity contribution in [3.63, 3.8) is 0 Å². The smallest absolute Gasteiger partial charge is 0.350 e. The maximum atomic E-state index is 14.1. The average molecular weight is 659 g/mol. The lowest BCUT2D eigenvalue weighted by Gasteiger charge is -2.35. The lowest BCUT2D eigenvalue weighted by atomic mass is 10.0. The molecule has 3 rings (SSSR count). The van der Waals surface area contributed by atoms with Crippen molar-refractivity contribution in [2.75, 3.05) is 17.1 Å². The van der Waals surface area contributed by atoms with Crippen LogP contribution in [0.2, 0.25) is 10.0 Å². The van der Waals surface area contributed by atoms with Crippen LogP contribution in [0.3, 0.4) is 0 Å². The lowest BCUT2D eigenvalue weighted by molar-refractivity contribution is -0.140. The summed E-state index contributed by atoms with van der Waals surface area (Å²) in [6.45, 7) is 4.22. The molecule has 0 aromatic heterocycles. The summed E-state index contributed by atoms with van der Waals surface area (Å²) >= 11 is 12.5. The molecule has 0 spiro atoms. The molecule has 0 radical (unpaired) electrons. The van der Waals surface area contributed by atoms with Crippen LogP contribution in [-0.2, 0) is 38.8 Å². The third-order valence-corrected chi connectivity index (χ3v) is 7.99. The molecule has 3 aromatic carbocycles. The number of carbonyl (C=O) groups is 2. The van der Waals surface area contributed by atoms with Gasteiger partial charge in [-0.3, -0.25) is 13.9 Å². The number of rotatable bonds is 10. The number of carbonyl (C=O) groups excluding carboxylic acids is 2. The summed E-state index contributed by atoms with van der Waals surface area (Å²) in [5, 5.41) is 3.42. The van der Waals surface area contributed by atoms with Gasteiger partial charge in [-0.25, -0.2) is 8.42 Å². The van der Waals surface area contributed by atoms with Crippen LogP contribution in [0.1, 0.15) is 37.5 Å². The van der Waals surface area contributed by atoms with E-state index in [1.165, 1.54) is 11.0 Å². The summed E-state index contributed by atoms with van der Waals surface area (Å²) in [6.07, 6.45) is -3.90. The minimum absolute atomic E-state index is 0.0577. The first kappa shape index (κ1) is 34.2. The van der Waals surface area contributed by atoms with Crippen molar-refractivity contribution in [1.29, 1.82) is 0 Å². The van der Waals surface area contributed by atoms with Crippen molar-refractivity contribution in [3.8, 4) is 0 Å². The number of nitrogens with zero attached hydrogens (tertiary/aromatic N) is 2. The predicted octanol–water partition coefficient (Wildman–Crippen LogP) is 6.33. The molecule has 43 heavy (non-hydrogen) atoms. The van der Waals surface area contributed by atoms with Gasteiger partial charge in [0.25, 0.3) is 0 Å². The Balaban J connectivity index is 2.13. The molecule has 0 heterocycles. The Bertz CT molecular complexity index is 1560. The molecule has 2 amide bonds. The van der Waals surface area contributed by atoms with E-state index in [4.69, 9.17) is 23.2 Å². The van der Waals surface area contributed by atoms with Gasteiger partial charge in [0.15, 0.2) is 0 Å². The van der Waals surface area contributed by atoms with E-state index in [9.17, 15) is 31.2 Å². The number of benzene rings is 3. The van der Waals surface area contributed by atoms with Crippen molar-refractivity contribution in [2.45, 2.75) is 51.5 Å². The molecule has 0 aliphatic heterocycles. The third-order valence-electron chi connectivity index (χ3n) is 6.27. The van der Waals surface area contributed by atoms with Gasteiger partial charge in [0.1, 0.15) is 12.6 Å². The number of alkyl halides is 3. The summed E-state index contributed by atoms with van der Waals surface area (Å²) in [5.74, 6) is -1.35. The second-order valence-corrected chi connectivity index (χ2v) is 13.8. The fourth-order valence-corrected chi connectivity index (χ4v) is 5.60. The quantitative estimate of drug-likeness (QED) is 0.276. The van der Waals surface area contributed by atoms with Gasteiger partial charge >= 0.3 is 6.18 Å². The normalized spacial score (nSPS) is 12.9. The minimum Gasteiger partial charge on any atom is -0.350 e. The molecule has 7 nitrogen and oxygen atoms in total. The number of hydrogen-bond donors (Lipinski definition) is 1. The Morgan fingerprint density at radius 2 is 1.58 bits per heavy atom. The van der Waals surface area contributed by atoms with Crippen molar-refractivity contribution in [1.82, 2.24) is 10.2 Å². The van der Waals surface area contributed by atoms with E-state index in [0.717, 1.165) is 30.0 Å². The van der Waals surface area contributed by atoms with Gasteiger partial charge < -0.3 is 10.2 Å². The van der Waals surface area contributed by atoms with Crippen molar-refractivity contribution in [3.05, 3.63) is 99.5 Å². The predicted molar refractivity (Wildman–Crippen MR) is 162 cm³/mol. The van der Waals surface area contributed by atoms with E-state index in [-0.39, 0.29) is 23.7 Å². The van der Waals surface area contributed by atoms with Crippen molar-refractivity contribution in [2.24, 2.45) is 0 Å². The Labute approximate surface area is 259 Å². The van der Waals surface area contributed by atoms with Gasteiger partial charge in [0.05, 0.1) is 17.5 Å². The van der Waals surface area contributed by atoms with E-state index in [1.54, 1.807) is 63.2 Å². The lowest BCUT2D eigenvalue weighted by Crippen LogP contribution is -2.56. The molecule has 3 aromatic rings. The fourth-order valence-electron chi connectivity index (χ4n) is 4.29. The molecule has 1 atom stereocenters. The van der Waals surface area contributed by atoms with Crippen LogP contribution in [0.4, 0.5) is 18.9 Å². The zero-order valence-electron chi connectivity index (χ0n) is 24.0. The zero-order valence-corrected chi connectivity index (χ0v) is 26.3. The molecule has 232 valence electrons. The first-order chi connectivity index (χ1) is 19.8. The van der Waals surface area contributed by atoms with Crippen LogP contribution in [0.5, 0.6) is 0 Å². The monoisotopic (exact) mass is 657 g/mol. The van der Waals surface area contributed by atoms with Crippen LogP contribution < -0.4 is 9.62 Å². The highest BCUT2D eigenvalue weighted by atomic mass is 35.5. The maximum Gasteiger partial charge on any atom is 0.416 e. The first-order valence-electron chi connectivity index (χ1n) is 13.1. The summed E-state index contributed by atoms with van der Waals surface area (Å²) in [4.78, 5) is 29.0. The van der Waals surface area contributed by atoms with Gasteiger partial charge in [-0.15, -0.1) is 0 Å². The Morgan fingerprint density at radius 3 is 2.14 bits per heavy atom. The molecule has 1 N–H and O–H groups in total. The van der Waals surface area contributed by atoms with Crippen LogP contribution >= 0.6 is 23.2 Å². The molecule has 0 aliphatic rings. The van der Waals surface area contributed by atoms with Crippen LogP contribution in [-0.4, -0.2) is 49.5 Å². The molecule has 13 heteroatoms. The standard InChI is InChI=1S/C30H32Cl2F3N3O4S/c1-29(2,3)36-28(40)26(15-20-9-6-5-7-10-20)37(18-21-13-14-23(31)17-25(21)32)27(39)19-38(43(4,41)42)24-12-8-11-22(16-24)30(33,34)35/h5-14,16-17,26H,15,18-19H2,1-4H3,(H,36,40). The molecular formula is C30H32Cl2F3N3O4S. The molecule has 0 bridgehead atoms. The van der Waals surface area contributed by atoms with E-state index >= 15 is 0 Å².